The zero-order valence-corrected chi connectivity index (χ0v) is 12.4. The summed E-state index contributed by atoms with van der Waals surface area (Å²) in [6.07, 6.45) is 5.55. The van der Waals surface area contributed by atoms with E-state index in [2.05, 4.69) is 49.2 Å². The Morgan fingerprint density at radius 2 is 1.65 bits per heavy atom. The molecular weight excluding hydrogens is 222 g/mol. The first-order valence-electron chi connectivity index (χ1n) is 6.88. The van der Waals surface area contributed by atoms with Gasteiger partial charge in [-0.25, -0.2) is 0 Å². The predicted molar refractivity (Wildman–Crippen MR) is 78.5 cm³/mol. The van der Waals surface area contributed by atoms with Crippen LogP contribution in [0, 0.1) is 0 Å². The summed E-state index contributed by atoms with van der Waals surface area (Å²) in [4.78, 5) is 0. The van der Waals surface area contributed by atoms with Crippen LogP contribution in [0.15, 0.2) is 24.3 Å². The van der Waals surface area contributed by atoms with Crippen LogP contribution in [0.2, 0.25) is 19.6 Å². The van der Waals surface area contributed by atoms with Gasteiger partial charge in [-0.3, -0.25) is 0 Å². The fraction of sp³-hybridized carbons (Fsp3) is 0.600. The predicted octanol–water partition coefficient (Wildman–Crippen LogP) is 3.26. The summed E-state index contributed by atoms with van der Waals surface area (Å²) in [7, 11) is -1.13. The van der Waals surface area contributed by atoms with Crippen molar-refractivity contribution >= 4 is 13.3 Å². The molecular formula is C15H25NSi. The quantitative estimate of drug-likeness (QED) is 0.805. The van der Waals surface area contributed by atoms with E-state index in [0.717, 1.165) is 12.6 Å². The van der Waals surface area contributed by atoms with E-state index in [1.807, 2.05) is 0 Å². The average Bonchev–Trinajstić information content (AvgIpc) is 2.78. The number of nitrogens with one attached hydrogen (secondary N) is 1. The van der Waals surface area contributed by atoms with Gasteiger partial charge in [0.05, 0.1) is 8.07 Å². The standard InChI is InChI=1S/C15H25NSi/c1-17(2,3)15-10-8-13(9-11-15)12-16-14-6-4-5-7-14/h8-11,14,16H,4-7,12H2,1-3H3. The normalized spacial score (nSPS) is 17.6. The Bertz CT molecular complexity index is 344. The third-order valence-electron chi connectivity index (χ3n) is 3.77. The third-order valence-corrected chi connectivity index (χ3v) is 5.84. The smallest absolute Gasteiger partial charge is 0.0775 e. The summed E-state index contributed by atoms with van der Waals surface area (Å²) in [5, 5.41) is 5.22. The molecule has 0 radical (unpaired) electrons. The molecule has 0 amide bonds. The zero-order valence-electron chi connectivity index (χ0n) is 11.4. The molecule has 0 atom stereocenters. The Hall–Kier alpha value is -0.603. The van der Waals surface area contributed by atoms with Crippen LogP contribution in [-0.2, 0) is 6.54 Å². The van der Waals surface area contributed by atoms with Crippen LogP contribution in [0.1, 0.15) is 31.2 Å². The van der Waals surface area contributed by atoms with E-state index in [9.17, 15) is 0 Å². The summed E-state index contributed by atoms with van der Waals surface area (Å²) in [6, 6.07) is 10.0. The second kappa shape index (κ2) is 5.36. The molecule has 0 aliphatic heterocycles. The Morgan fingerprint density at radius 3 is 2.18 bits per heavy atom. The number of hydrogen-bond donors (Lipinski definition) is 1. The van der Waals surface area contributed by atoms with E-state index < -0.39 is 8.07 Å². The van der Waals surface area contributed by atoms with Crippen molar-refractivity contribution in [3.8, 4) is 0 Å². The highest BCUT2D eigenvalue weighted by Gasteiger charge is 2.16. The molecule has 94 valence electrons. The minimum atomic E-state index is -1.13. The molecule has 1 aliphatic carbocycles. The van der Waals surface area contributed by atoms with Gasteiger partial charge in [0.25, 0.3) is 0 Å². The molecule has 2 rings (SSSR count). The summed E-state index contributed by atoms with van der Waals surface area (Å²) in [5.74, 6) is 0. The van der Waals surface area contributed by atoms with Crippen molar-refractivity contribution in [2.75, 3.05) is 0 Å². The molecule has 0 heterocycles. The van der Waals surface area contributed by atoms with Gasteiger partial charge in [0, 0.05) is 12.6 Å². The molecule has 1 saturated carbocycles. The Morgan fingerprint density at radius 1 is 1.06 bits per heavy atom. The highest BCUT2D eigenvalue weighted by Crippen LogP contribution is 2.18. The van der Waals surface area contributed by atoms with Crippen molar-refractivity contribution in [3.05, 3.63) is 29.8 Å². The summed E-state index contributed by atoms with van der Waals surface area (Å²) in [5.41, 5.74) is 1.43. The molecule has 1 aromatic carbocycles. The van der Waals surface area contributed by atoms with Crippen LogP contribution in [0.3, 0.4) is 0 Å². The second-order valence-corrected chi connectivity index (χ2v) is 11.4. The molecule has 1 aliphatic rings. The highest BCUT2D eigenvalue weighted by atomic mass is 28.3. The first kappa shape index (κ1) is 12.8. The van der Waals surface area contributed by atoms with Gasteiger partial charge >= 0.3 is 0 Å². The van der Waals surface area contributed by atoms with Gasteiger partial charge in [0.15, 0.2) is 0 Å². The van der Waals surface area contributed by atoms with Gasteiger partial charge in [-0.05, 0) is 18.4 Å². The topological polar surface area (TPSA) is 12.0 Å². The van der Waals surface area contributed by atoms with Gasteiger partial charge in [-0.1, -0.05) is 61.9 Å². The summed E-state index contributed by atoms with van der Waals surface area (Å²) < 4.78 is 0. The van der Waals surface area contributed by atoms with Crippen LogP contribution in [0.5, 0.6) is 0 Å². The van der Waals surface area contributed by atoms with Crippen molar-refractivity contribution in [2.45, 2.75) is 57.9 Å². The molecule has 0 unspecified atom stereocenters. The first-order valence-corrected chi connectivity index (χ1v) is 10.4. The third kappa shape index (κ3) is 3.68. The van der Waals surface area contributed by atoms with Crippen molar-refractivity contribution < 1.29 is 0 Å². The maximum atomic E-state index is 3.67. The van der Waals surface area contributed by atoms with E-state index in [1.54, 1.807) is 5.19 Å². The number of hydrogen-bond acceptors (Lipinski definition) is 1. The van der Waals surface area contributed by atoms with Crippen LogP contribution in [0.4, 0.5) is 0 Å². The molecule has 1 fully saturated rings. The van der Waals surface area contributed by atoms with E-state index in [-0.39, 0.29) is 0 Å². The van der Waals surface area contributed by atoms with Gasteiger partial charge in [-0.15, -0.1) is 0 Å². The molecule has 1 nitrogen and oxygen atoms in total. The van der Waals surface area contributed by atoms with Gasteiger partial charge < -0.3 is 5.32 Å². The lowest BCUT2D eigenvalue weighted by molar-refractivity contribution is 0.524. The van der Waals surface area contributed by atoms with Crippen LogP contribution < -0.4 is 10.5 Å². The molecule has 1 aromatic rings. The maximum absolute atomic E-state index is 3.67. The maximum Gasteiger partial charge on any atom is 0.0775 e. The fourth-order valence-electron chi connectivity index (χ4n) is 2.51. The second-order valence-electron chi connectivity index (χ2n) is 6.31. The highest BCUT2D eigenvalue weighted by molar-refractivity contribution is 6.88. The fourth-order valence-corrected chi connectivity index (χ4v) is 3.68. The van der Waals surface area contributed by atoms with E-state index >= 15 is 0 Å². The molecule has 17 heavy (non-hydrogen) atoms. The molecule has 1 N–H and O–H groups in total. The number of benzene rings is 1. The Kier molecular flexibility index (Phi) is 4.05. The van der Waals surface area contributed by atoms with Crippen molar-refractivity contribution in [3.63, 3.8) is 0 Å². The minimum Gasteiger partial charge on any atom is -0.310 e. The molecule has 2 heteroatoms. The van der Waals surface area contributed by atoms with Crippen LogP contribution in [-0.4, -0.2) is 14.1 Å². The van der Waals surface area contributed by atoms with Crippen LogP contribution >= 0.6 is 0 Å². The molecule has 0 bridgehead atoms. The van der Waals surface area contributed by atoms with Crippen molar-refractivity contribution in [2.24, 2.45) is 0 Å². The zero-order chi connectivity index (χ0) is 12.3. The lowest BCUT2D eigenvalue weighted by Gasteiger charge is -2.17. The first-order chi connectivity index (χ1) is 8.05. The summed E-state index contributed by atoms with van der Waals surface area (Å²) >= 11 is 0. The van der Waals surface area contributed by atoms with Gasteiger partial charge in [-0.2, -0.15) is 0 Å². The average molecular weight is 247 g/mol. The van der Waals surface area contributed by atoms with Crippen LogP contribution in [0.25, 0.3) is 0 Å². The molecule has 0 saturated heterocycles. The van der Waals surface area contributed by atoms with E-state index in [1.165, 1.54) is 31.2 Å². The molecule has 0 aromatic heterocycles. The van der Waals surface area contributed by atoms with Crippen molar-refractivity contribution in [1.29, 1.82) is 0 Å². The monoisotopic (exact) mass is 247 g/mol. The van der Waals surface area contributed by atoms with E-state index in [0.29, 0.717) is 0 Å². The largest absolute Gasteiger partial charge is 0.310 e. The molecule has 0 spiro atoms. The van der Waals surface area contributed by atoms with Gasteiger partial charge in [0.1, 0.15) is 0 Å². The van der Waals surface area contributed by atoms with E-state index in [4.69, 9.17) is 0 Å². The SMILES string of the molecule is C[Si](C)(C)c1ccc(CNC2CCCC2)cc1. The lowest BCUT2D eigenvalue weighted by atomic mass is 10.2. The number of rotatable bonds is 4. The Balaban J connectivity index is 1.89. The summed E-state index contributed by atoms with van der Waals surface area (Å²) in [6.45, 7) is 8.24. The van der Waals surface area contributed by atoms with Crippen molar-refractivity contribution in [1.82, 2.24) is 5.32 Å². The lowest BCUT2D eigenvalue weighted by Crippen LogP contribution is -2.37. The minimum absolute atomic E-state index is 0.770. The van der Waals surface area contributed by atoms with Gasteiger partial charge in [0.2, 0.25) is 0 Å². The Labute approximate surface area is 107 Å².